The first-order chi connectivity index (χ1) is 9.16. The van der Waals surface area contributed by atoms with E-state index in [4.69, 9.17) is 5.73 Å². The molecule has 0 fully saturated rings. The second-order valence-electron chi connectivity index (χ2n) is 5.21. The third-order valence-corrected chi connectivity index (χ3v) is 3.79. The first-order valence-corrected chi connectivity index (χ1v) is 6.77. The second kappa shape index (κ2) is 4.78. The Morgan fingerprint density at radius 1 is 1.32 bits per heavy atom. The number of benzene rings is 1. The Morgan fingerprint density at radius 2 is 2.11 bits per heavy atom. The Morgan fingerprint density at radius 3 is 2.84 bits per heavy atom. The predicted octanol–water partition coefficient (Wildman–Crippen LogP) is 2.91. The van der Waals surface area contributed by atoms with E-state index < -0.39 is 0 Å². The molecule has 1 heterocycles. The average Bonchev–Trinajstić information content (AvgIpc) is 2.82. The first kappa shape index (κ1) is 12.4. The van der Waals surface area contributed by atoms with E-state index >= 15 is 0 Å². The maximum Gasteiger partial charge on any atom is 0.147 e. The summed E-state index contributed by atoms with van der Waals surface area (Å²) in [6, 6.07) is 5.05. The van der Waals surface area contributed by atoms with Crippen LogP contribution in [0.1, 0.15) is 42.8 Å². The molecule has 1 aromatic carbocycles. The summed E-state index contributed by atoms with van der Waals surface area (Å²) < 4.78 is 16.1. The highest BCUT2D eigenvalue weighted by Gasteiger charge is 2.18. The van der Waals surface area contributed by atoms with Gasteiger partial charge < -0.3 is 10.3 Å². The molecule has 0 saturated heterocycles. The highest BCUT2D eigenvalue weighted by Crippen LogP contribution is 2.25. The van der Waals surface area contributed by atoms with Crippen molar-refractivity contribution in [3.8, 4) is 5.69 Å². The summed E-state index contributed by atoms with van der Waals surface area (Å²) >= 11 is 0. The molecular formula is C15H18FN3. The monoisotopic (exact) mass is 259 g/mol. The number of nitrogens with two attached hydrogens (primary N) is 1. The smallest absolute Gasteiger partial charge is 0.147 e. The van der Waals surface area contributed by atoms with Gasteiger partial charge in [-0.1, -0.05) is 6.07 Å². The van der Waals surface area contributed by atoms with Crippen molar-refractivity contribution < 1.29 is 4.39 Å². The molecule has 0 bridgehead atoms. The molecule has 2 aromatic rings. The molecule has 0 amide bonds. The highest BCUT2D eigenvalue weighted by atomic mass is 19.1. The standard InChI is InChI=1S/C15H18FN3/c1-10(17)11-6-7-14(12(16)8-11)19-9-18-13-4-2-3-5-15(13)19/h6-10H,2-5,17H2,1H3/t10-/m1/s1. The molecule has 1 atom stereocenters. The summed E-state index contributed by atoms with van der Waals surface area (Å²) in [5.74, 6) is -0.236. The van der Waals surface area contributed by atoms with Gasteiger partial charge in [-0.05, 0) is 50.3 Å². The van der Waals surface area contributed by atoms with Crippen molar-refractivity contribution >= 4 is 0 Å². The Balaban J connectivity index is 2.05. The van der Waals surface area contributed by atoms with Crippen LogP contribution in [0, 0.1) is 5.82 Å². The first-order valence-electron chi connectivity index (χ1n) is 6.77. The van der Waals surface area contributed by atoms with Gasteiger partial charge in [-0.15, -0.1) is 0 Å². The van der Waals surface area contributed by atoms with Crippen molar-refractivity contribution in [2.45, 2.75) is 38.6 Å². The number of aromatic nitrogens is 2. The number of imidazole rings is 1. The Kier molecular flexibility index (Phi) is 3.11. The minimum Gasteiger partial charge on any atom is -0.324 e. The highest BCUT2D eigenvalue weighted by molar-refractivity contribution is 5.40. The van der Waals surface area contributed by atoms with Crippen molar-refractivity contribution in [3.63, 3.8) is 0 Å². The average molecular weight is 259 g/mol. The minimum atomic E-state index is -0.236. The van der Waals surface area contributed by atoms with E-state index in [0.29, 0.717) is 5.69 Å². The molecular weight excluding hydrogens is 241 g/mol. The van der Waals surface area contributed by atoms with Gasteiger partial charge in [0.05, 0.1) is 17.7 Å². The molecule has 0 radical (unpaired) electrons. The molecule has 1 aromatic heterocycles. The summed E-state index contributed by atoms with van der Waals surface area (Å²) in [5, 5.41) is 0. The van der Waals surface area contributed by atoms with Crippen LogP contribution in [0.25, 0.3) is 5.69 Å². The fraction of sp³-hybridized carbons (Fsp3) is 0.400. The zero-order valence-electron chi connectivity index (χ0n) is 11.1. The fourth-order valence-electron chi connectivity index (χ4n) is 2.68. The van der Waals surface area contributed by atoms with Gasteiger partial charge >= 0.3 is 0 Å². The molecule has 3 nitrogen and oxygen atoms in total. The quantitative estimate of drug-likeness (QED) is 0.901. The van der Waals surface area contributed by atoms with Gasteiger partial charge in [0, 0.05) is 11.7 Å². The number of hydrogen-bond donors (Lipinski definition) is 1. The molecule has 0 spiro atoms. The lowest BCUT2D eigenvalue weighted by atomic mass is 10.0. The Bertz CT molecular complexity index is 601. The van der Waals surface area contributed by atoms with E-state index in [1.165, 1.54) is 12.5 Å². The maximum absolute atomic E-state index is 14.2. The number of aryl methyl sites for hydroxylation is 1. The Hall–Kier alpha value is -1.68. The van der Waals surface area contributed by atoms with E-state index in [2.05, 4.69) is 4.98 Å². The second-order valence-corrected chi connectivity index (χ2v) is 5.21. The lowest BCUT2D eigenvalue weighted by molar-refractivity contribution is 0.604. The van der Waals surface area contributed by atoms with Crippen LogP contribution in [-0.2, 0) is 12.8 Å². The fourth-order valence-corrected chi connectivity index (χ4v) is 2.68. The summed E-state index contributed by atoms with van der Waals surface area (Å²) in [6.45, 7) is 1.85. The van der Waals surface area contributed by atoms with Gasteiger partial charge in [-0.3, -0.25) is 0 Å². The lowest BCUT2D eigenvalue weighted by Gasteiger charge is -2.15. The molecule has 100 valence electrons. The number of nitrogens with zero attached hydrogens (tertiary/aromatic N) is 2. The van der Waals surface area contributed by atoms with Crippen molar-refractivity contribution in [1.29, 1.82) is 0 Å². The number of rotatable bonds is 2. The third-order valence-electron chi connectivity index (χ3n) is 3.79. The molecule has 19 heavy (non-hydrogen) atoms. The summed E-state index contributed by atoms with van der Waals surface area (Å²) in [4.78, 5) is 4.40. The molecule has 4 heteroatoms. The van der Waals surface area contributed by atoms with E-state index in [0.717, 1.165) is 36.2 Å². The van der Waals surface area contributed by atoms with E-state index in [9.17, 15) is 4.39 Å². The minimum absolute atomic E-state index is 0.153. The van der Waals surface area contributed by atoms with Gasteiger partial charge in [0.2, 0.25) is 0 Å². The molecule has 1 aliphatic rings. The van der Waals surface area contributed by atoms with Crippen LogP contribution in [0.4, 0.5) is 4.39 Å². The maximum atomic E-state index is 14.2. The van der Waals surface area contributed by atoms with E-state index in [1.807, 2.05) is 17.6 Å². The summed E-state index contributed by atoms with van der Waals surface area (Å²) in [5.41, 5.74) is 9.43. The van der Waals surface area contributed by atoms with Crippen LogP contribution >= 0.6 is 0 Å². The molecule has 0 aliphatic heterocycles. The van der Waals surface area contributed by atoms with Gasteiger partial charge in [0.25, 0.3) is 0 Å². The van der Waals surface area contributed by atoms with Crippen molar-refractivity contribution in [3.05, 3.63) is 47.3 Å². The number of fused-ring (bicyclic) bond motifs is 1. The molecule has 3 rings (SSSR count). The predicted molar refractivity (Wildman–Crippen MR) is 72.8 cm³/mol. The largest absolute Gasteiger partial charge is 0.324 e. The third kappa shape index (κ3) is 2.16. The molecule has 2 N–H and O–H groups in total. The van der Waals surface area contributed by atoms with Gasteiger partial charge in [-0.2, -0.15) is 0 Å². The van der Waals surface area contributed by atoms with Gasteiger partial charge in [-0.25, -0.2) is 9.37 Å². The summed E-state index contributed by atoms with van der Waals surface area (Å²) in [7, 11) is 0. The lowest BCUT2D eigenvalue weighted by Crippen LogP contribution is -2.09. The number of hydrogen-bond acceptors (Lipinski definition) is 2. The van der Waals surface area contributed by atoms with Crippen LogP contribution in [-0.4, -0.2) is 9.55 Å². The molecule has 1 aliphatic carbocycles. The zero-order valence-corrected chi connectivity index (χ0v) is 11.1. The number of halogens is 1. The van der Waals surface area contributed by atoms with Crippen LogP contribution < -0.4 is 5.73 Å². The van der Waals surface area contributed by atoms with Gasteiger partial charge in [0.1, 0.15) is 5.82 Å². The van der Waals surface area contributed by atoms with Crippen LogP contribution in [0.5, 0.6) is 0 Å². The zero-order chi connectivity index (χ0) is 13.4. The molecule has 0 saturated carbocycles. The topological polar surface area (TPSA) is 43.8 Å². The SMILES string of the molecule is C[C@@H](N)c1ccc(-n2cnc3c2CCCC3)c(F)c1. The van der Waals surface area contributed by atoms with Crippen molar-refractivity contribution in [2.75, 3.05) is 0 Å². The van der Waals surface area contributed by atoms with E-state index in [-0.39, 0.29) is 11.9 Å². The van der Waals surface area contributed by atoms with Crippen LogP contribution in [0.15, 0.2) is 24.5 Å². The van der Waals surface area contributed by atoms with E-state index in [1.54, 1.807) is 12.4 Å². The normalized spacial score (nSPS) is 16.2. The Labute approximate surface area is 112 Å². The van der Waals surface area contributed by atoms with Crippen molar-refractivity contribution in [2.24, 2.45) is 5.73 Å². The van der Waals surface area contributed by atoms with Crippen LogP contribution in [0.3, 0.4) is 0 Å². The van der Waals surface area contributed by atoms with Crippen LogP contribution in [0.2, 0.25) is 0 Å². The van der Waals surface area contributed by atoms with Gasteiger partial charge in [0.15, 0.2) is 0 Å². The van der Waals surface area contributed by atoms with Crippen molar-refractivity contribution in [1.82, 2.24) is 9.55 Å². The molecule has 0 unspecified atom stereocenters. The summed E-state index contributed by atoms with van der Waals surface area (Å²) in [6.07, 6.45) is 6.04.